The molecule has 0 aromatic carbocycles. The molecular formula is C12H24NO5P. The first-order valence-corrected chi connectivity index (χ1v) is 7.97. The van der Waals surface area contributed by atoms with E-state index in [9.17, 15) is 4.79 Å². The lowest BCUT2D eigenvalue weighted by Crippen LogP contribution is -2.08. The summed E-state index contributed by atoms with van der Waals surface area (Å²) in [5, 5.41) is 0. The van der Waals surface area contributed by atoms with Gasteiger partial charge in [-0.3, -0.25) is 0 Å². The summed E-state index contributed by atoms with van der Waals surface area (Å²) in [7, 11) is -2.89. The van der Waals surface area contributed by atoms with Crippen molar-refractivity contribution in [2.45, 2.75) is 34.6 Å². The van der Waals surface area contributed by atoms with Crippen LogP contribution in [0.1, 0.15) is 34.6 Å². The summed E-state index contributed by atoms with van der Waals surface area (Å²) in [4.78, 5) is 11.7. The maximum atomic E-state index is 11.7. The van der Waals surface area contributed by atoms with E-state index >= 15 is 0 Å². The van der Waals surface area contributed by atoms with Gasteiger partial charge in [-0.25, -0.2) is 4.79 Å². The van der Waals surface area contributed by atoms with Crippen LogP contribution in [0.2, 0.25) is 0 Å². The highest BCUT2D eigenvalue weighted by Gasteiger charge is 2.25. The quantitative estimate of drug-likeness (QED) is 0.370. The summed E-state index contributed by atoms with van der Waals surface area (Å²) in [6.45, 7) is 10.3. The highest BCUT2D eigenvalue weighted by molar-refractivity contribution is 7.51. The van der Waals surface area contributed by atoms with Crippen LogP contribution in [-0.4, -0.2) is 32.4 Å². The fourth-order valence-electron chi connectivity index (χ4n) is 1.24. The van der Waals surface area contributed by atoms with Crippen LogP contribution in [0, 0.1) is 0 Å². The number of rotatable bonds is 9. The van der Waals surface area contributed by atoms with Crippen LogP contribution >= 0.6 is 7.74 Å². The van der Waals surface area contributed by atoms with Gasteiger partial charge in [-0.2, -0.15) is 4.74 Å². The molecule has 0 aliphatic heterocycles. The van der Waals surface area contributed by atoms with Crippen molar-refractivity contribution in [3.05, 3.63) is 11.8 Å². The van der Waals surface area contributed by atoms with E-state index in [1.54, 1.807) is 19.9 Å². The highest BCUT2D eigenvalue weighted by Crippen LogP contribution is 2.54. The molecule has 0 unspecified atom stereocenters. The van der Waals surface area contributed by atoms with Crippen LogP contribution in [0.15, 0.2) is 16.5 Å². The molecule has 0 saturated carbocycles. The third kappa shape index (κ3) is 6.34. The largest absolute Gasteiger partial charge is 0.461 e. The molecule has 0 spiro atoms. The Bertz CT molecular complexity index is 330. The maximum absolute atomic E-state index is 11.7. The summed E-state index contributed by atoms with van der Waals surface area (Å²) in [6.07, 6.45) is 1.56. The SMILES string of the molecule is C/C=C(/N=P(OCC)(OCC)OCC)C(=O)OCC. The molecule has 0 amide bonds. The van der Waals surface area contributed by atoms with Crippen molar-refractivity contribution in [2.24, 2.45) is 4.74 Å². The van der Waals surface area contributed by atoms with E-state index in [0.717, 1.165) is 0 Å². The van der Waals surface area contributed by atoms with E-state index in [1.807, 2.05) is 20.8 Å². The zero-order valence-corrected chi connectivity index (χ0v) is 13.2. The van der Waals surface area contributed by atoms with Crippen LogP contribution in [0.5, 0.6) is 0 Å². The van der Waals surface area contributed by atoms with Crippen molar-refractivity contribution in [2.75, 3.05) is 26.4 Å². The molecule has 7 heteroatoms. The molecule has 0 N–H and O–H groups in total. The van der Waals surface area contributed by atoms with Gasteiger partial charge in [0.1, 0.15) is 5.70 Å². The minimum Gasteiger partial charge on any atom is -0.461 e. The summed E-state index contributed by atoms with van der Waals surface area (Å²) in [5.74, 6) is -0.506. The third-order valence-corrected chi connectivity index (χ3v) is 4.08. The number of nitrogens with zero attached hydrogens (tertiary/aromatic N) is 1. The van der Waals surface area contributed by atoms with Crippen molar-refractivity contribution in [1.29, 1.82) is 0 Å². The average molecular weight is 293 g/mol. The standard InChI is InChI=1S/C12H24NO5P/c1-6-11(12(14)15-7-2)13-19(16-8-3,17-9-4)18-10-5/h6H,7-10H2,1-5H3/b11-6+. The van der Waals surface area contributed by atoms with Gasteiger partial charge in [0.2, 0.25) is 0 Å². The molecule has 0 atom stereocenters. The summed E-state index contributed by atoms with van der Waals surface area (Å²) >= 11 is 0. The number of esters is 1. The normalized spacial score (nSPS) is 12.4. The van der Waals surface area contributed by atoms with Gasteiger partial charge in [-0.05, 0) is 34.6 Å². The predicted octanol–water partition coefficient (Wildman–Crippen LogP) is 3.51. The fraction of sp³-hybridized carbons (Fsp3) is 0.750. The highest BCUT2D eigenvalue weighted by atomic mass is 31.2. The predicted molar refractivity (Wildman–Crippen MR) is 74.6 cm³/mol. The van der Waals surface area contributed by atoms with E-state index in [0.29, 0.717) is 19.8 Å². The first-order valence-electron chi connectivity index (χ1n) is 6.48. The molecule has 0 bridgehead atoms. The van der Waals surface area contributed by atoms with Gasteiger partial charge in [-0.1, -0.05) is 6.08 Å². The number of carbonyl (C=O) groups is 1. The Morgan fingerprint density at radius 1 is 1.00 bits per heavy atom. The Kier molecular flexibility index (Phi) is 9.79. The third-order valence-electron chi connectivity index (χ3n) is 1.86. The number of hydrogen-bond donors (Lipinski definition) is 0. The van der Waals surface area contributed by atoms with Gasteiger partial charge in [0, 0.05) is 0 Å². The van der Waals surface area contributed by atoms with E-state index in [2.05, 4.69) is 4.74 Å². The monoisotopic (exact) mass is 293 g/mol. The van der Waals surface area contributed by atoms with E-state index in [1.165, 1.54) is 0 Å². The topological polar surface area (TPSA) is 66.3 Å². The summed E-state index contributed by atoms with van der Waals surface area (Å²) < 4.78 is 25.7. The zero-order valence-electron chi connectivity index (χ0n) is 12.3. The summed E-state index contributed by atoms with van der Waals surface area (Å²) in [6, 6.07) is 0. The van der Waals surface area contributed by atoms with Crippen LogP contribution in [0.3, 0.4) is 0 Å². The Morgan fingerprint density at radius 2 is 1.47 bits per heavy atom. The van der Waals surface area contributed by atoms with Gasteiger partial charge >= 0.3 is 13.7 Å². The van der Waals surface area contributed by atoms with Crippen molar-refractivity contribution in [3.8, 4) is 0 Å². The lowest BCUT2D eigenvalue weighted by Gasteiger charge is -2.22. The van der Waals surface area contributed by atoms with E-state index < -0.39 is 13.7 Å². The molecule has 6 nitrogen and oxygen atoms in total. The lowest BCUT2D eigenvalue weighted by molar-refractivity contribution is -0.138. The zero-order chi connectivity index (χ0) is 14.7. The molecule has 112 valence electrons. The second-order valence-corrected chi connectivity index (χ2v) is 5.13. The summed E-state index contributed by atoms with van der Waals surface area (Å²) in [5.41, 5.74) is 0.158. The molecule has 0 rings (SSSR count). The first-order chi connectivity index (χ1) is 9.09. The average Bonchev–Trinajstić information content (AvgIpc) is 2.37. The second-order valence-electron chi connectivity index (χ2n) is 3.22. The Balaban J connectivity index is 5.39. The van der Waals surface area contributed by atoms with Gasteiger partial charge in [-0.15, -0.1) is 0 Å². The number of ether oxygens (including phenoxy) is 1. The molecule has 0 aliphatic carbocycles. The maximum Gasteiger partial charge on any atom is 0.360 e. The van der Waals surface area contributed by atoms with Gasteiger partial charge in [0.25, 0.3) is 0 Å². The van der Waals surface area contributed by atoms with Gasteiger partial charge in [0.15, 0.2) is 0 Å². The molecule has 0 saturated heterocycles. The molecule has 0 aliphatic rings. The lowest BCUT2D eigenvalue weighted by atomic mass is 10.4. The number of allylic oxidation sites excluding steroid dienone is 1. The molecule has 0 fully saturated rings. The van der Waals surface area contributed by atoms with Crippen LogP contribution < -0.4 is 0 Å². The second kappa shape index (κ2) is 10.1. The molecule has 0 radical (unpaired) electrons. The first kappa shape index (κ1) is 18.3. The van der Waals surface area contributed by atoms with Gasteiger partial charge in [0.05, 0.1) is 26.4 Å². The molecule has 19 heavy (non-hydrogen) atoms. The van der Waals surface area contributed by atoms with Crippen molar-refractivity contribution in [3.63, 3.8) is 0 Å². The van der Waals surface area contributed by atoms with E-state index in [-0.39, 0.29) is 12.3 Å². The minimum absolute atomic E-state index is 0.158. The van der Waals surface area contributed by atoms with Crippen molar-refractivity contribution < 1.29 is 23.1 Å². The Morgan fingerprint density at radius 3 is 1.79 bits per heavy atom. The van der Waals surface area contributed by atoms with Crippen LogP contribution in [-0.2, 0) is 23.1 Å². The van der Waals surface area contributed by atoms with Crippen LogP contribution in [0.25, 0.3) is 0 Å². The molecule has 0 aromatic rings. The number of hydrogen-bond acceptors (Lipinski definition) is 6. The molecule has 0 aromatic heterocycles. The van der Waals surface area contributed by atoms with Crippen molar-refractivity contribution in [1.82, 2.24) is 0 Å². The van der Waals surface area contributed by atoms with Crippen molar-refractivity contribution >= 4 is 13.7 Å². The fourth-order valence-corrected chi connectivity index (χ4v) is 3.08. The van der Waals surface area contributed by atoms with E-state index in [4.69, 9.17) is 18.3 Å². The Labute approximate surface area is 115 Å². The molecule has 0 heterocycles. The van der Waals surface area contributed by atoms with Gasteiger partial charge < -0.3 is 18.3 Å². The number of carbonyl (C=O) groups excluding carboxylic acids is 1. The molecular weight excluding hydrogens is 269 g/mol. The smallest absolute Gasteiger partial charge is 0.360 e. The minimum atomic E-state index is -2.89. The Hall–Kier alpha value is -0.680. The van der Waals surface area contributed by atoms with Crippen LogP contribution in [0.4, 0.5) is 0 Å².